The van der Waals surface area contributed by atoms with Gasteiger partial charge in [-0.2, -0.15) is 0 Å². The van der Waals surface area contributed by atoms with Crippen molar-refractivity contribution in [3.63, 3.8) is 0 Å². The van der Waals surface area contributed by atoms with Crippen molar-refractivity contribution >= 4 is 17.6 Å². The molecule has 1 aromatic carbocycles. The summed E-state index contributed by atoms with van der Waals surface area (Å²) < 4.78 is 11.2. The predicted molar refractivity (Wildman–Crippen MR) is 89.5 cm³/mol. The summed E-state index contributed by atoms with van der Waals surface area (Å²) >= 11 is 0. The van der Waals surface area contributed by atoms with E-state index in [1.54, 1.807) is 17.0 Å². The van der Waals surface area contributed by atoms with Crippen LogP contribution >= 0.6 is 0 Å². The first kappa shape index (κ1) is 16.4. The Labute approximate surface area is 141 Å². The van der Waals surface area contributed by atoms with Crippen LogP contribution in [0.4, 0.5) is 10.5 Å². The zero-order valence-electron chi connectivity index (χ0n) is 13.8. The Morgan fingerprint density at radius 2 is 1.96 bits per heavy atom. The van der Waals surface area contributed by atoms with E-state index in [4.69, 9.17) is 9.47 Å². The molecule has 1 atom stereocenters. The molecule has 0 saturated carbocycles. The van der Waals surface area contributed by atoms with E-state index < -0.39 is 0 Å². The van der Waals surface area contributed by atoms with Crippen LogP contribution < -0.4 is 20.1 Å². The Morgan fingerprint density at radius 3 is 2.75 bits per heavy atom. The quantitative estimate of drug-likeness (QED) is 0.867. The number of carbonyl (C=O) groups excluding carboxylic acids is 2. The third-order valence-electron chi connectivity index (χ3n) is 4.11. The molecule has 0 radical (unpaired) electrons. The zero-order chi connectivity index (χ0) is 16.9. The molecule has 130 valence electrons. The third-order valence-corrected chi connectivity index (χ3v) is 4.11. The maximum atomic E-state index is 12.5. The van der Waals surface area contributed by atoms with Gasteiger partial charge in [-0.25, -0.2) is 4.79 Å². The van der Waals surface area contributed by atoms with E-state index in [-0.39, 0.29) is 18.0 Å². The van der Waals surface area contributed by atoms with Gasteiger partial charge in [0.25, 0.3) is 0 Å². The Morgan fingerprint density at radius 1 is 1.17 bits per heavy atom. The average molecular weight is 333 g/mol. The molecule has 1 saturated heterocycles. The zero-order valence-corrected chi connectivity index (χ0v) is 13.8. The summed E-state index contributed by atoms with van der Waals surface area (Å²) in [5.41, 5.74) is 0.672. The van der Waals surface area contributed by atoms with Crippen molar-refractivity contribution in [3.05, 3.63) is 18.2 Å². The summed E-state index contributed by atoms with van der Waals surface area (Å²) in [6.45, 7) is 3.95. The van der Waals surface area contributed by atoms with Crippen LogP contribution in [0.2, 0.25) is 0 Å². The van der Waals surface area contributed by atoms with Gasteiger partial charge in [0, 0.05) is 44.2 Å². The van der Waals surface area contributed by atoms with Gasteiger partial charge < -0.3 is 25.0 Å². The van der Waals surface area contributed by atoms with Crippen LogP contribution in [0, 0.1) is 0 Å². The lowest BCUT2D eigenvalue weighted by Crippen LogP contribution is -2.50. The number of hydrogen-bond acceptors (Lipinski definition) is 4. The van der Waals surface area contributed by atoms with Crippen LogP contribution in [-0.4, -0.2) is 49.2 Å². The van der Waals surface area contributed by atoms with E-state index >= 15 is 0 Å². The molecule has 3 amide bonds. The summed E-state index contributed by atoms with van der Waals surface area (Å²) in [4.78, 5) is 25.4. The first-order chi connectivity index (χ1) is 11.6. The molecule has 0 aromatic heterocycles. The van der Waals surface area contributed by atoms with E-state index in [0.29, 0.717) is 43.5 Å². The maximum absolute atomic E-state index is 12.5. The second kappa shape index (κ2) is 7.42. The summed E-state index contributed by atoms with van der Waals surface area (Å²) in [6, 6.07) is 5.26. The summed E-state index contributed by atoms with van der Waals surface area (Å²) in [7, 11) is 0. The number of nitrogens with one attached hydrogen (secondary N) is 2. The number of amides is 3. The molecule has 0 aliphatic carbocycles. The normalized spacial score (nSPS) is 20.0. The van der Waals surface area contributed by atoms with Crippen molar-refractivity contribution in [1.29, 1.82) is 0 Å². The monoisotopic (exact) mass is 333 g/mol. The summed E-state index contributed by atoms with van der Waals surface area (Å²) in [5, 5.41) is 5.78. The third kappa shape index (κ3) is 4.10. The molecule has 2 aliphatic rings. The molecular weight excluding hydrogens is 310 g/mol. The minimum atomic E-state index is -0.167. The fourth-order valence-corrected chi connectivity index (χ4v) is 3.01. The summed E-state index contributed by atoms with van der Waals surface area (Å²) in [5.74, 6) is 1.29. The molecule has 0 unspecified atom stereocenters. The molecule has 0 bridgehead atoms. The number of nitrogens with zero attached hydrogens (tertiary/aromatic N) is 1. The van der Waals surface area contributed by atoms with Gasteiger partial charge in [0.15, 0.2) is 11.5 Å². The smallest absolute Gasteiger partial charge is 0.321 e. The van der Waals surface area contributed by atoms with Crippen LogP contribution in [0.3, 0.4) is 0 Å². The number of urea groups is 1. The van der Waals surface area contributed by atoms with E-state index in [1.807, 2.05) is 6.07 Å². The second-order valence-electron chi connectivity index (χ2n) is 6.13. The van der Waals surface area contributed by atoms with Crippen LogP contribution in [0.15, 0.2) is 18.2 Å². The van der Waals surface area contributed by atoms with Gasteiger partial charge in [-0.15, -0.1) is 0 Å². The van der Waals surface area contributed by atoms with Crippen LogP contribution in [-0.2, 0) is 4.79 Å². The number of anilines is 1. The van der Waals surface area contributed by atoms with Gasteiger partial charge in [0.05, 0.1) is 13.2 Å². The molecular formula is C17H23N3O4. The lowest BCUT2D eigenvalue weighted by molar-refractivity contribution is -0.119. The molecule has 1 fully saturated rings. The molecule has 7 heteroatoms. The van der Waals surface area contributed by atoms with Gasteiger partial charge in [-0.1, -0.05) is 0 Å². The van der Waals surface area contributed by atoms with Crippen molar-refractivity contribution in [2.75, 3.05) is 31.6 Å². The van der Waals surface area contributed by atoms with Crippen LogP contribution in [0.1, 0.15) is 26.2 Å². The summed E-state index contributed by atoms with van der Waals surface area (Å²) in [6.07, 6.45) is 2.61. The lowest BCUT2D eigenvalue weighted by Gasteiger charge is -2.33. The highest BCUT2D eigenvalue weighted by Crippen LogP contribution is 2.32. The SMILES string of the molecule is CC(=O)N[C@H]1CCCN(C(=O)Nc2ccc3c(c2)OCCCO3)C1. The number of ether oxygens (including phenoxy) is 2. The highest BCUT2D eigenvalue weighted by atomic mass is 16.5. The molecule has 2 heterocycles. The molecule has 24 heavy (non-hydrogen) atoms. The Hall–Kier alpha value is -2.44. The van der Waals surface area contributed by atoms with Crippen molar-refractivity contribution in [2.24, 2.45) is 0 Å². The van der Waals surface area contributed by atoms with Gasteiger partial charge in [0.2, 0.25) is 5.91 Å². The van der Waals surface area contributed by atoms with E-state index in [0.717, 1.165) is 19.3 Å². The Bertz CT molecular complexity index is 620. The predicted octanol–water partition coefficient (Wildman–Crippen LogP) is 1.98. The fourth-order valence-electron chi connectivity index (χ4n) is 3.01. The van der Waals surface area contributed by atoms with Gasteiger partial charge >= 0.3 is 6.03 Å². The second-order valence-corrected chi connectivity index (χ2v) is 6.13. The average Bonchev–Trinajstić information content (AvgIpc) is 2.79. The van der Waals surface area contributed by atoms with Crippen molar-refractivity contribution in [1.82, 2.24) is 10.2 Å². The van der Waals surface area contributed by atoms with Crippen molar-refractivity contribution < 1.29 is 19.1 Å². The molecule has 3 rings (SSSR count). The van der Waals surface area contributed by atoms with Gasteiger partial charge in [-0.05, 0) is 25.0 Å². The molecule has 0 spiro atoms. The number of likely N-dealkylation sites (tertiary alicyclic amines) is 1. The molecule has 2 N–H and O–H groups in total. The van der Waals surface area contributed by atoms with Crippen molar-refractivity contribution in [3.8, 4) is 11.5 Å². The highest BCUT2D eigenvalue weighted by molar-refractivity contribution is 5.90. The first-order valence-electron chi connectivity index (χ1n) is 8.34. The number of rotatable bonds is 2. The largest absolute Gasteiger partial charge is 0.490 e. The number of benzene rings is 1. The molecule has 1 aromatic rings. The Kier molecular flexibility index (Phi) is 5.08. The first-order valence-corrected chi connectivity index (χ1v) is 8.34. The standard InChI is InChI=1S/C17H23N3O4/c1-12(21)18-14-4-2-7-20(11-14)17(22)19-13-5-6-15-16(10-13)24-9-3-8-23-15/h5-6,10,14H,2-4,7-9,11H2,1H3,(H,18,21)(H,19,22)/t14-/m0/s1. The van der Waals surface area contributed by atoms with Crippen LogP contribution in [0.25, 0.3) is 0 Å². The van der Waals surface area contributed by atoms with Gasteiger partial charge in [0.1, 0.15) is 0 Å². The van der Waals surface area contributed by atoms with E-state index in [9.17, 15) is 9.59 Å². The van der Waals surface area contributed by atoms with Crippen LogP contribution in [0.5, 0.6) is 11.5 Å². The fraction of sp³-hybridized carbons (Fsp3) is 0.529. The minimum absolute atomic E-state index is 0.0192. The number of carbonyl (C=O) groups is 2. The maximum Gasteiger partial charge on any atom is 0.321 e. The van der Waals surface area contributed by atoms with Crippen molar-refractivity contribution in [2.45, 2.75) is 32.2 Å². The highest BCUT2D eigenvalue weighted by Gasteiger charge is 2.24. The minimum Gasteiger partial charge on any atom is -0.490 e. The van der Waals surface area contributed by atoms with E-state index in [2.05, 4.69) is 10.6 Å². The molecule has 7 nitrogen and oxygen atoms in total. The number of fused-ring (bicyclic) bond motifs is 1. The Balaban J connectivity index is 1.62. The molecule has 2 aliphatic heterocycles. The van der Waals surface area contributed by atoms with Gasteiger partial charge in [-0.3, -0.25) is 4.79 Å². The topological polar surface area (TPSA) is 79.9 Å². The number of piperidine rings is 1. The number of hydrogen-bond donors (Lipinski definition) is 2. The van der Waals surface area contributed by atoms with E-state index in [1.165, 1.54) is 6.92 Å². The lowest BCUT2D eigenvalue weighted by atomic mass is 10.1.